The van der Waals surface area contributed by atoms with Crippen LogP contribution in [0.4, 0.5) is 8.78 Å². The van der Waals surface area contributed by atoms with Crippen LogP contribution in [-0.2, 0) is 12.8 Å². The Morgan fingerprint density at radius 1 is 0.909 bits per heavy atom. The van der Waals surface area contributed by atoms with Crippen molar-refractivity contribution in [1.82, 2.24) is 0 Å². The van der Waals surface area contributed by atoms with Gasteiger partial charge in [0.05, 0.1) is 0 Å². The van der Waals surface area contributed by atoms with Crippen LogP contribution in [-0.4, -0.2) is 6.54 Å². The van der Waals surface area contributed by atoms with Crippen molar-refractivity contribution in [1.29, 1.82) is 0 Å². The van der Waals surface area contributed by atoms with Crippen LogP contribution in [0, 0.1) is 11.6 Å². The largest absolute Gasteiger partial charge is 0.330 e. The quantitative estimate of drug-likeness (QED) is 0.864. The molecule has 0 saturated carbocycles. The first-order valence-corrected chi connectivity index (χ1v) is 7.97. The summed E-state index contributed by atoms with van der Waals surface area (Å²) in [5, 5.41) is 0. The lowest BCUT2D eigenvalue weighted by Gasteiger charge is -2.20. The third-order valence-electron chi connectivity index (χ3n) is 4.14. The van der Waals surface area contributed by atoms with Crippen LogP contribution < -0.4 is 5.73 Å². The van der Waals surface area contributed by atoms with Crippen LogP contribution in [0.2, 0.25) is 0 Å². The van der Waals surface area contributed by atoms with Crippen molar-refractivity contribution >= 4 is 0 Å². The predicted octanol–water partition coefficient (Wildman–Crippen LogP) is 4.57. The van der Waals surface area contributed by atoms with Crippen LogP contribution in [0.5, 0.6) is 0 Å². The molecule has 3 rings (SSSR count). The molecule has 0 atom stereocenters. The van der Waals surface area contributed by atoms with Gasteiger partial charge in [0.15, 0.2) is 0 Å². The lowest BCUT2D eigenvalue weighted by atomic mass is 9.85. The van der Waals surface area contributed by atoms with Crippen molar-refractivity contribution in [3.63, 3.8) is 0 Å². The summed E-state index contributed by atoms with van der Waals surface area (Å²) in [4.78, 5) is 0. The van der Waals surface area contributed by atoms with Crippen molar-refractivity contribution < 1.29 is 8.78 Å². The molecule has 1 aliphatic carbocycles. The van der Waals surface area contributed by atoms with Crippen LogP contribution in [0.3, 0.4) is 0 Å². The van der Waals surface area contributed by atoms with E-state index in [-0.39, 0.29) is 17.6 Å². The van der Waals surface area contributed by atoms with Gasteiger partial charge in [-0.2, -0.15) is 0 Å². The van der Waals surface area contributed by atoms with Gasteiger partial charge in [0, 0.05) is 5.92 Å². The van der Waals surface area contributed by atoms with Crippen LogP contribution in [0.1, 0.15) is 48.4 Å². The zero-order valence-electron chi connectivity index (χ0n) is 13.2. The Morgan fingerprint density at radius 2 is 1.36 bits per heavy atom. The molecule has 0 amide bonds. The Labute approximate surface area is 131 Å². The van der Waals surface area contributed by atoms with Crippen molar-refractivity contribution in [2.24, 2.45) is 5.73 Å². The highest BCUT2D eigenvalue weighted by atomic mass is 19.1. The Bertz CT molecular complexity index is 584. The van der Waals surface area contributed by atoms with Crippen molar-refractivity contribution in [2.75, 3.05) is 6.54 Å². The van der Waals surface area contributed by atoms with E-state index >= 15 is 0 Å². The summed E-state index contributed by atoms with van der Waals surface area (Å²) in [5.74, 6) is -0.408. The Kier molecular flexibility index (Phi) is 5.67. The average molecular weight is 303 g/mol. The fourth-order valence-electron chi connectivity index (χ4n) is 3.23. The number of hydrogen-bond acceptors (Lipinski definition) is 1. The highest BCUT2D eigenvalue weighted by Crippen LogP contribution is 2.37. The third kappa shape index (κ3) is 3.05. The topological polar surface area (TPSA) is 26.0 Å². The van der Waals surface area contributed by atoms with Gasteiger partial charge in [0.2, 0.25) is 0 Å². The van der Waals surface area contributed by atoms with E-state index in [4.69, 9.17) is 5.73 Å². The Hall–Kier alpha value is -1.74. The molecule has 0 aromatic heterocycles. The minimum atomic E-state index is -0.197. The third-order valence-corrected chi connectivity index (χ3v) is 4.14. The Morgan fingerprint density at radius 3 is 1.77 bits per heavy atom. The van der Waals surface area contributed by atoms with Gasteiger partial charge >= 0.3 is 0 Å². The van der Waals surface area contributed by atoms with E-state index in [1.165, 1.54) is 12.1 Å². The van der Waals surface area contributed by atoms with Gasteiger partial charge in [-0.3, -0.25) is 0 Å². The summed E-state index contributed by atoms with van der Waals surface area (Å²) >= 11 is 0. The van der Waals surface area contributed by atoms with E-state index in [1.54, 1.807) is 12.1 Å². The summed E-state index contributed by atoms with van der Waals surface area (Å²) in [7, 11) is 0. The van der Waals surface area contributed by atoms with Gasteiger partial charge in [0.25, 0.3) is 0 Å². The average Bonchev–Trinajstić information content (AvgIpc) is 2.70. The molecule has 2 aromatic rings. The standard InChI is InChI=1S/C17H17F2N.C2H6/c18-16-5-1-3-11-13(9-10-20)12-4-2-6-17(19)15(12)8-7-14(11)16;1-2/h1-6,13H,7-10,20H2;1-2H3. The minimum absolute atomic E-state index is 0.0149. The lowest BCUT2D eigenvalue weighted by molar-refractivity contribution is 0.596. The zero-order valence-corrected chi connectivity index (χ0v) is 13.2. The van der Waals surface area contributed by atoms with Gasteiger partial charge in [-0.25, -0.2) is 8.78 Å². The number of rotatable bonds is 2. The molecule has 1 nitrogen and oxygen atoms in total. The maximum Gasteiger partial charge on any atom is 0.126 e. The number of nitrogens with two attached hydrogens (primary N) is 1. The fraction of sp³-hybridized carbons (Fsp3) is 0.368. The Balaban J connectivity index is 0.000000847. The molecular formula is C19H23F2N. The van der Waals surface area contributed by atoms with Gasteiger partial charge in [-0.15, -0.1) is 0 Å². The SMILES string of the molecule is CC.NCCC1c2cccc(F)c2CCc2c(F)cccc21. The van der Waals surface area contributed by atoms with E-state index in [0.717, 1.165) is 11.1 Å². The highest BCUT2D eigenvalue weighted by Gasteiger charge is 2.26. The molecule has 0 bridgehead atoms. The molecule has 2 aromatic carbocycles. The first kappa shape index (κ1) is 16.6. The number of fused-ring (bicyclic) bond motifs is 2. The van der Waals surface area contributed by atoms with Crippen molar-refractivity contribution in [3.05, 3.63) is 70.3 Å². The molecule has 0 fully saturated rings. The molecule has 2 N–H and O–H groups in total. The van der Waals surface area contributed by atoms with E-state index in [9.17, 15) is 8.78 Å². The molecule has 0 saturated heterocycles. The van der Waals surface area contributed by atoms with Crippen LogP contribution in [0.15, 0.2) is 36.4 Å². The minimum Gasteiger partial charge on any atom is -0.330 e. The molecule has 1 aliphatic rings. The maximum absolute atomic E-state index is 14.1. The summed E-state index contributed by atoms with van der Waals surface area (Å²) in [6.45, 7) is 4.50. The highest BCUT2D eigenvalue weighted by molar-refractivity contribution is 5.45. The molecule has 0 spiro atoms. The summed E-state index contributed by atoms with van der Waals surface area (Å²) in [6, 6.07) is 10.3. The van der Waals surface area contributed by atoms with E-state index in [0.29, 0.717) is 36.9 Å². The zero-order chi connectivity index (χ0) is 16.1. The molecule has 0 heterocycles. The number of halogens is 2. The predicted molar refractivity (Wildman–Crippen MR) is 87.1 cm³/mol. The van der Waals surface area contributed by atoms with E-state index in [1.807, 2.05) is 26.0 Å². The van der Waals surface area contributed by atoms with Gasteiger partial charge in [0.1, 0.15) is 11.6 Å². The first-order chi connectivity index (χ1) is 10.7. The van der Waals surface area contributed by atoms with Crippen LogP contribution >= 0.6 is 0 Å². The van der Waals surface area contributed by atoms with Crippen molar-refractivity contribution in [2.45, 2.75) is 39.0 Å². The van der Waals surface area contributed by atoms with E-state index < -0.39 is 0 Å². The van der Waals surface area contributed by atoms with Crippen molar-refractivity contribution in [3.8, 4) is 0 Å². The second-order valence-corrected chi connectivity index (χ2v) is 5.25. The monoisotopic (exact) mass is 303 g/mol. The summed E-state index contributed by atoms with van der Waals surface area (Å²) in [5.41, 5.74) is 9.05. The van der Waals surface area contributed by atoms with Gasteiger partial charge in [-0.05, 0) is 60.2 Å². The summed E-state index contributed by atoms with van der Waals surface area (Å²) < 4.78 is 28.1. The second kappa shape index (κ2) is 7.50. The lowest BCUT2D eigenvalue weighted by Crippen LogP contribution is -2.11. The van der Waals surface area contributed by atoms with E-state index in [2.05, 4.69) is 0 Å². The fourth-order valence-corrected chi connectivity index (χ4v) is 3.23. The molecule has 0 radical (unpaired) electrons. The van der Waals surface area contributed by atoms with Gasteiger partial charge in [-0.1, -0.05) is 38.1 Å². The molecule has 0 unspecified atom stereocenters. The number of benzene rings is 2. The maximum atomic E-state index is 14.1. The number of hydrogen-bond donors (Lipinski definition) is 1. The summed E-state index contributed by atoms with van der Waals surface area (Å²) in [6.07, 6.45) is 1.78. The molecule has 118 valence electrons. The van der Waals surface area contributed by atoms with Gasteiger partial charge < -0.3 is 5.73 Å². The smallest absolute Gasteiger partial charge is 0.126 e. The second-order valence-electron chi connectivity index (χ2n) is 5.25. The van der Waals surface area contributed by atoms with Crippen LogP contribution in [0.25, 0.3) is 0 Å². The molecule has 0 aliphatic heterocycles. The first-order valence-electron chi connectivity index (χ1n) is 7.97. The molecule has 3 heteroatoms. The molecular weight excluding hydrogens is 280 g/mol. The molecule has 22 heavy (non-hydrogen) atoms. The normalized spacial score (nSPS) is 13.5.